The molecule has 2 aromatic heterocycles. The van der Waals surface area contributed by atoms with Gasteiger partial charge in [0.05, 0.1) is 0 Å². The summed E-state index contributed by atoms with van der Waals surface area (Å²) in [6.07, 6.45) is 5.03. The molecule has 0 N–H and O–H groups in total. The molecule has 1 saturated heterocycles. The Kier molecular flexibility index (Phi) is 4.38. The van der Waals surface area contributed by atoms with Crippen molar-refractivity contribution >= 4 is 0 Å². The topological polar surface area (TPSA) is 64.2 Å². The molecule has 1 atom stereocenters. The van der Waals surface area contributed by atoms with Crippen molar-refractivity contribution in [1.29, 1.82) is 0 Å². The minimum Gasteiger partial charge on any atom is -0.339 e. The van der Waals surface area contributed by atoms with Crippen molar-refractivity contribution in [3.05, 3.63) is 46.0 Å². The summed E-state index contributed by atoms with van der Waals surface area (Å²) in [6, 6.07) is 3.75. The molecule has 0 saturated carbocycles. The Morgan fingerprint density at radius 1 is 1.45 bits per heavy atom. The summed E-state index contributed by atoms with van der Waals surface area (Å²) >= 11 is 0. The third-order valence-electron chi connectivity index (χ3n) is 4.21. The molecule has 22 heavy (non-hydrogen) atoms. The van der Waals surface area contributed by atoms with Gasteiger partial charge in [0.1, 0.15) is 0 Å². The van der Waals surface area contributed by atoms with Crippen LogP contribution in [0.1, 0.15) is 30.1 Å². The Morgan fingerprint density at radius 3 is 3.05 bits per heavy atom. The van der Waals surface area contributed by atoms with Crippen LogP contribution in [-0.4, -0.2) is 32.7 Å². The molecule has 2 aromatic rings. The van der Waals surface area contributed by atoms with E-state index in [9.17, 15) is 4.79 Å². The zero-order chi connectivity index (χ0) is 15.5. The van der Waals surface area contributed by atoms with E-state index in [-0.39, 0.29) is 5.56 Å². The Morgan fingerprint density at radius 2 is 2.32 bits per heavy atom. The molecular formula is C16H22N4O2. The van der Waals surface area contributed by atoms with Crippen molar-refractivity contribution in [1.82, 2.24) is 19.6 Å². The van der Waals surface area contributed by atoms with Crippen LogP contribution in [0, 0.1) is 12.8 Å². The van der Waals surface area contributed by atoms with Crippen LogP contribution in [-0.2, 0) is 20.0 Å². The van der Waals surface area contributed by atoms with Gasteiger partial charge in [0.15, 0.2) is 5.82 Å². The molecule has 118 valence electrons. The Bertz CT molecular complexity index is 691. The Labute approximate surface area is 129 Å². The van der Waals surface area contributed by atoms with Crippen molar-refractivity contribution in [3.63, 3.8) is 0 Å². The quantitative estimate of drug-likeness (QED) is 0.857. The fourth-order valence-electron chi connectivity index (χ4n) is 3.08. The lowest BCUT2D eigenvalue weighted by atomic mass is 9.94. The molecule has 1 fully saturated rings. The number of rotatable bonds is 4. The van der Waals surface area contributed by atoms with Gasteiger partial charge in [-0.1, -0.05) is 5.16 Å². The number of aryl methyl sites for hydroxylation is 2. The van der Waals surface area contributed by atoms with Crippen LogP contribution in [0.15, 0.2) is 27.6 Å². The Hall–Kier alpha value is -1.95. The van der Waals surface area contributed by atoms with Crippen molar-refractivity contribution in [2.75, 3.05) is 13.1 Å². The van der Waals surface area contributed by atoms with Gasteiger partial charge in [0.25, 0.3) is 5.56 Å². The van der Waals surface area contributed by atoms with Crippen LogP contribution >= 0.6 is 0 Å². The molecule has 3 heterocycles. The van der Waals surface area contributed by atoms with E-state index in [4.69, 9.17) is 4.52 Å². The molecule has 0 amide bonds. The van der Waals surface area contributed by atoms with Gasteiger partial charge >= 0.3 is 0 Å². The monoisotopic (exact) mass is 302 g/mol. The number of pyridine rings is 1. The van der Waals surface area contributed by atoms with E-state index >= 15 is 0 Å². The summed E-state index contributed by atoms with van der Waals surface area (Å²) in [5, 5.41) is 3.85. The lowest BCUT2D eigenvalue weighted by molar-refractivity contribution is 0.160. The predicted octanol–water partition coefficient (Wildman–Crippen LogP) is 1.53. The summed E-state index contributed by atoms with van der Waals surface area (Å²) in [6.45, 7) is 4.76. The van der Waals surface area contributed by atoms with E-state index in [1.165, 1.54) is 12.8 Å². The molecular weight excluding hydrogens is 280 g/mol. The molecule has 1 aliphatic rings. The third kappa shape index (κ3) is 3.62. The molecule has 6 heteroatoms. The van der Waals surface area contributed by atoms with Gasteiger partial charge < -0.3 is 9.09 Å². The minimum atomic E-state index is 0.0485. The van der Waals surface area contributed by atoms with Crippen LogP contribution in [0.5, 0.6) is 0 Å². The highest BCUT2D eigenvalue weighted by Crippen LogP contribution is 2.21. The first-order valence-electron chi connectivity index (χ1n) is 7.77. The molecule has 0 radical (unpaired) electrons. The zero-order valence-corrected chi connectivity index (χ0v) is 13.2. The summed E-state index contributed by atoms with van der Waals surface area (Å²) in [5.41, 5.74) is 1.13. The van der Waals surface area contributed by atoms with Gasteiger partial charge in [-0.05, 0) is 43.9 Å². The average Bonchev–Trinajstić information content (AvgIpc) is 2.89. The van der Waals surface area contributed by atoms with Gasteiger partial charge in [0.2, 0.25) is 5.89 Å². The number of nitrogens with zero attached hydrogens (tertiary/aromatic N) is 4. The van der Waals surface area contributed by atoms with E-state index in [1.807, 2.05) is 19.2 Å². The summed E-state index contributed by atoms with van der Waals surface area (Å²) < 4.78 is 6.82. The van der Waals surface area contributed by atoms with Crippen LogP contribution in [0.4, 0.5) is 0 Å². The van der Waals surface area contributed by atoms with Gasteiger partial charge in [-0.3, -0.25) is 9.69 Å². The largest absolute Gasteiger partial charge is 0.339 e. The maximum Gasteiger partial charge on any atom is 0.250 e. The molecule has 0 aliphatic carbocycles. The van der Waals surface area contributed by atoms with Crippen LogP contribution in [0.2, 0.25) is 0 Å². The first-order chi connectivity index (χ1) is 10.6. The van der Waals surface area contributed by atoms with Gasteiger partial charge in [-0.15, -0.1) is 0 Å². The predicted molar refractivity (Wildman–Crippen MR) is 82.4 cm³/mol. The van der Waals surface area contributed by atoms with Crippen molar-refractivity contribution < 1.29 is 4.52 Å². The summed E-state index contributed by atoms with van der Waals surface area (Å²) in [7, 11) is 1.77. The number of aromatic nitrogens is 3. The van der Waals surface area contributed by atoms with E-state index in [0.717, 1.165) is 37.5 Å². The fourth-order valence-corrected chi connectivity index (χ4v) is 3.08. The van der Waals surface area contributed by atoms with E-state index < -0.39 is 0 Å². The number of piperidine rings is 1. The number of hydrogen-bond donors (Lipinski definition) is 0. The van der Waals surface area contributed by atoms with E-state index in [1.54, 1.807) is 17.7 Å². The minimum absolute atomic E-state index is 0.0485. The third-order valence-corrected chi connectivity index (χ3v) is 4.21. The van der Waals surface area contributed by atoms with Crippen molar-refractivity contribution in [2.45, 2.75) is 32.7 Å². The number of likely N-dealkylation sites (tertiary alicyclic amines) is 1. The summed E-state index contributed by atoms with van der Waals surface area (Å²) in [5.74, 6) is 1.97. The van der Waals surface area contributed by atoms with Crippen LogP contribution in [0.25, 0.3) is 0 Å². The number of hydrogen-bond acceptors (Lipinski definition) is 5. The van der Waals surface area contributed by atoms with Crippen LogP contribution < -0.4 is 5.56 Å². The first-order valence-corrected chi connectivity index (χ1v) is 7.77. The summed E-state index contributed by atoms with van der Waals surface area (Å²) in [4.78, 5) is 18.4. The second kappa shape index (κ2) is 6.44. The maximum atomic E-state index is 11.7. The van der Waals surface area contributed by atoms with Crippen LogP contribution in [0.3, 0.4) is 0 Å². The van der Waals surface area contributed by atoms with Crippen molar-refractivity contribution in [3.8, 4) is 0 Å². The molecule has 6 nitrogen and oxygen atoms in total. The molecule has 0 aromatic carbocycles. The van der Waals surface area contributed by atoms with Gasteiger partial charge in [0, 0.05) is 38.8 Å². The molecule has 1 unspecified atom stereocenters. The molecule has 0 spiro atoms. The fraction of sp³-hybridized carbons (Fsp3) is 0.562. The normalized spacial score (nSPS) is 19.5. The van der Waals surface area contributed by atoms with Gasteiger partial charge in [-0.2, -0.15) is 4.98 Å². The lowest BCUT2D eigenvalue weighted by Crippen LogP contribution is -2.36. The second-order valence-corrected chi connectivity index (χ2v) is 6.17. The highest BCUT2D eigenvalue weighted by molar-refractivity contribution is 5.10. The lowest BCUT2D eigenvalue weighted by Gasteiger charge is -2.32. The Balaban J connectivity index is 1.60. The van der Waals surface area contributed by atoms with Gasteiger partial charge in [-0.25, -0.2) is 0 Å². The van der Waals surface area contributed by atoms with Crippen molar-refractivity contribution in [2.24, 2.45) is 13.0 Å². The molecule has 0 bridgehead atoms. The highest BCUT2D eigenvalue weighted by Gasteiger charge is 2.22. The standard InChI is InChI=1S/C16H22N4O2/c1-12-17-15(22-18-12)8-13-4-3-6-20(10-13)11-14-5-7-19(2)16(21)9-14/h5,7,9,13H,3-4,6,8,10-11H2,1-2H3. The van der Waals surface area contributed by atoms with E-state index in [0.29, 0.717) is 11.7 Å². The molecule has 1 aliphatic heterocycles. The SMILES string of the molecule is Cc1noc(CC2CCCN(Cc3ccn(C)c(=O)c3)C2)n1. The highest BCUT2D eigenvalue weighted by atomic mass is 16.5. The average molecular weight is 302 g/mol. The zero-order valence-electron chi connectivity index (χ0n) is 13.2. The smallest absolute Gasteiger partial charge is 0.250 e. The molecule has 3 rings (SSSR count). The van der Waals surface area contributed by atoms with E-state index in [2.05, 4.69) is 15.0 Å². The maximum absolute atomic E-state index is 11.7. The second-order valence-electron chi connectivity index (χ2n) is 6.17. The first kappa shape index (κ1) is 15.0.